The first-order valence-electron chi connectivity index (χ1n) is 26.3. The van der Waals surface area contributed by atoms with Crippen molar-refractivity contribution in [3.8, 4) is 44.5 Å². The SMILES string of the molecule is CC(C)(C)c1ccc2c(c1)B1c3cc4ccccc4cc3-c3cc4c5c6c3N1c1c(cc(C(C)(C)C)cc1-2)B6c1cc(C(C)(C)C)cc2c1N5B(c1cc(C(C)(C)C)ccc1-2)c1cc2ccccc2cc1-4. The molecule has 9 aromatic carbocycles. The second kappa shape index (κ2) is 13.2. The summed E-state index contributed by atoms with van der Waals surface area (Å²) in [6.07, 6.45) is 0. The lowest BCUT2D eigenvalue weighted by atomic mass is 9.28. The highest BCUT2D eigenvalue weighted by atomic mass is 15.1. The van der Waals surface area contributed by atoms with E-state index in [1.807, 2.05) is 0 Å². The predicted octanol–water partition coefficient (Wildman–Crippen LogP) is 12.1. The van der Waals surface area contributed by atoms with E-state index in [0.29, 0.717) is 0 Å². The van der Waals surface area contributed by atoms with Crippen LogP contribution in [-0.4, -0.2) is 20.4 Å². The molecule has 5 heteroatoms. The second-order valence-electron chi connectivity index (χ2n) is 26.2. The summed E-state index contributed by atoms with van der Waals surface area (Å²) in [7, 11) is 0. The Kier molecular flexibility index (Phi) is 7.83. The Hall–Kier alpha value is -6.71. The van der Waals surface area contributed by atoms with Gasteiger partial charge in [-0.15, -0.1) is 0 Å². The van der Waals surface area contributed by atoms with Gasteiger partial charge in [-0.25, -0.2) is 0 Å². The van der Waals surface area contributed by atoms with Crippen molar-refractivity contribution in [2.75, 3.05) is 9.62 Å². The zero-order valence-electron chi connectivity index (χ0n) is 43.4. The van der Waals surface area contributed by atoms with Gasteiger partial charge in [0.1, 0.15) is 0 Å². The van der Waals surface area contributed by atoms with E-state index in [-0.39, 0.29) is 42.1 Å². The Morgan fingerprint density at radius 1 is 0.282 bits per heavy atom. The van der Waals surface area contributed by atoms with E-state index in [1.54, 1.807) is 0 Å². The molecule has 6 heterocycles. The molecular formula is C66H59B3N2. The molecule has 0 bridgehead atoms. The van der Waals surface area contributed by atoms with Crippen molar-refractivity contribution in [2.45, 2.75) is 105 Å². The largest absolute Gasteiger partial charge is 0.377 e. The molecule has 2 nitrogen and oxygen atoms in total. The van der Waals surface area contributed by atoms with Crippen LogP contribution in [0.5, 0.6) is 0 Å². The molecule has 0 unspecified atom stereocenters. The number of fused-ring (bicyclic) bond motifs is 16. The summed E-state index contributed by atoms with van der Waals surface area (Å²) >= 11 is 0. The molecule has 6 aliphatic rings. The number of nitrogens with zero attached hydrogens (tertiary/aromatic N) is 2. The van der Waals surface area contributed by atoms with Gasteiger partial charge in [0.2, 0.25) is 0 Å². The maximum absolute atomic E-state index is 2.88. The third-order valence-electron chi connectivity index (χ3n) is 17.7. The average molecular weight is 913 g/mol. The van der Waals surface area contributed by atoms with E-state index in [2.05, 4.69) is 232 Å². The number of hydrogen-bond acceptors (Lipinski definition) is 2. The maximum Gasteiger partial charge on any atom is 0.329 e. The summed E-state index contributed by atoms with van der Waals surface area (Å²) in [5.74, 6) is 0. The molecule has 0 N–H and O–H groups in total. The quantitative estimate of drug-likeness (QED) is 0.140. The van der Waals surface area contributed by atoms with Gasteiger partial charge in [0, 0.05) is 45.0 Å². The van der Waals surface area contributed by atoms with Crippen molar-refractivity contribution in [3.05, 3.63) is 162 Å². The van der Waals surface area contributed by atoms with Crippen molar-refractivity contribution in [1.82, 2.24) is 0 Å². The lowest BCUT2D eigenvalue weighted by Gasteiger charge is -2.55. The van der Waals surface area contributed by atoms with Gasteiger partial charge < -0.3 is 9.62 Å². The van der Waals surface area contributed by atoms with Crippen LogP contribution in [0, 0.1) is 0 Å². The van der Waals surface area contributed by atoms with Crippen LogP contribution in [0.4, 0.5) is 22.7 Å². The third kappa shape index (κ3) is 5.43. The molecule has 0 amide bonds. The average Bonchev–Trinajstić information content (AvgIpc) is 3.33. The van der Waals surface area contributed by atoms with Gasteiger partial charge in [-0.05, 0) is 156 Å². The van der Waals surface area contributed by atoms with Gasteiger partial charge in [0.25, 0.3) is 6.71 Å². The minimum Gasteiger partial charge on any atom is -0.377 e. The minimum atomic E-state index is -0.0783. The Morgan fingerprint density at radius 3 is 1.00 bits per heavy atom. The Labute approximate surface area is 421 Å². The van der Waals surface area contributed by atoms with Gasteiger partial charge in [-0.1, -0.05) is 192 Å². The summed E-state index contributed by atoms with van der Waals surface area (Å²) in [6.45, 7) is 28.7. The monoisotopic (exact) mass is 912 g/mol. The molecule has 71 heavy (non-hydrogen) atoms. The highest BCUT2D eigenvalue weighted by molar-refractivity contribution is 7.06. The molecule has 0 saturated carbocycles. The minimum absolute atomic E-state index is 0.00805. The van der Waals surface area contributed by atoms with E-state index in [1.165, 1.54) is 149 Å². The number of hydrogen-bond donors (Lipinski definition) is 0. The maximum atomic E-state index is 2.88. The Balaban J connectivity index is 1.18. The fraction of sp³-hybridized carbons (Fsp3) is 0.242. The zero-order chi connectivity index (χ0) is 48.7. The van der Waals surface area contributed by atoms with Crippen LogP contribution in [0.3, 0.4) is 0 Å². The van der Waals surface area contributed by atoms with E-state index in [0.717, 1.165) is 0 Å². The van der Waals surface area contributed by atoms with Crippen molar-refractivity contribution >= 4 is 103 Å². The number of rotatable bonds is 0. The number of benzene rings is 9. The Morgan fingerprint density at radius 2 is 0.620 bits per heavy atom. The molecule has 15 rings (SSSR count). The molecule has 6 aliphatic heterocycles. The smallest absolute Gasteiger partial charge is 0.329 e. The van der Waals surface area contributed by atoms with E-state index >= 15 is 0 Å². The topological polar surface area (TPSA) is 6.48 Å². The van der Waals surface area contributed by atoms with Gasteiger partial charge in [0.05, 0.1) is 0 Å². The van der Waals surface area contributed by atoms with Crippen LogP contribution in [0.1, 0.15) is 105 Å². The summed E-state index contributed by atoms with van der Waals surface area (Å²) in [4.78, 5) is 5.76. The highest BCUT2D eigenvalue weighted by Crippen LogP contribution is 2.56. The predicted molar refractivity (Wildman–Crippen MR) is 310 cm³/mol. The van der Waals surface area contributed by atoms with Gasteiger partial charge in [-0.3, -0.25) is 0 Å². The molecule has 9 aromatic rings. The molecule has 0 aromatic heterocycles. The molecule has 0 saturated heterocycles. The summed E-state index contributed by atoms with van der Waals surface area (Å²) in [5.41, 5.74) is 31.9. The lowest BCUT2D eigenvalue weighted by Crippen LogP contribution is -2.72. The normalized spacial score (nSPS) is 15.2. The lowest BCUT2D eigenvalue weighted by molar-refractivity contribution is 0.590. The van der Waals surface area contributed by atoms with Gasteiger partial charge >= 0.3 is 13.7 Å². The van der Waals surface area contributed by atoms with Crippen LogP contribution < -0.4 is 47.9 Å². The molecular weight excluding hydrogens is 853 g/mol. The fourth-order valence-corrected chi connectivity index (χ4v) is 14.0. The molecule has 0 radical (unpaired) electrons. The summed E-state index contributed by atoms with van der Waals surface area (Å²) < 4.78 is 0. The fourth-order valence-electron chi connectivity index (χ4n) is 14.0. The Bertz CT molecular complexity index is 3710. The first-order valence-corrected chi connectivity index (χ1v) is 26.3. The van der Waals surface area contributed by atoms with Crippen molar-refractivity contribution < 1.29 is 0 Å². The van der Waals surface area contributed by atoms with Crippen LogP contribution in [-0.2, 0) is 21.7 Å². The van der Waals surface area contributed by atoms with Crippen LogP contribution in [0.25, 0.3) is 66.1 Å². The van der Waals surface area contributed by atoms with E-state index in [9.17, 15) is 0 Å². The first kappa shape index (κ1) is 42.0. The standard InChI is InChI=1S/C66H59B3N2/c1-63(2,3)40-21-23-44-48-29-42(65(7,8)9)33-56-59(48)70-61-50(46-25-36-17-13-15-19-38(36)27-52(46)68(70)54(44)31-40)35-51-47-26-37-18-14-16-20-39(37)28-53(47)69-55-32-41(64(4,5)6)22-24-45(55)49-30-43(66(10,11)12)34-57-60(49)71(69)62(51)58(61)67(56)57/h13-35H,1-12H3. The van der Waals surface area contributed by atoms with Crippen molar-refractivity contribution in [2.24, 2.45) is 0 Å². The molecule has 0 atom stereocenters. The van der Waals surface area contributed by atoms with Crippen LogP contribution in [0.2, 0.25) is 0 Å². The summed E-state index contributed by atoms with van der Waals surface area (Å²) in [6, 6.07) is 56.5. The zero-order valence-corrected chi connectivity index (χ0v) is 43.4. The van der Waals surface area contributed by atoms with Crippen molar-refractivity contribution in [3.63, 3.8) is 0 Å². The first-order chi connectivity index (χ1) is 33.7. The highest BCUT2D eigenvalue weighted by Gasteiger charge is 2.57. The molecule has 342 valence electrons. The van der Waals surface area contributed by atoms with E-state index < -0.39 is 0 Å². The van der Waals surface area contributed by atoms with Gasteiger partial charge in [0.15, 0.2) is 0 Å². The van der Waals surface area contributed by atoms with Crippen LogP contribution in [0.15, 0.2) is 140 Å². The van der Waals surface area contributed by atoms with Crippen molar-refractivity contribution in [1.29, 1.82) is 0 Å². The molecule has 0 fully saturated rings. The third-order valence-corrected chi connectivity index (χ3v) is 17.7. The molecule has 0 spiro atoms. The van der Waals surface area contributed by atoms with E-state index in [4.69, 9.17) is 0 Å². The number of anilines is 4. The second-order valence-corrected chi connectivity index (χ2v) is 26.2. The van der Waals surface area contributed by atoms with Gasteiger partial charge in [-0.2, -0.15) is 0 Å². The van der Waals surface area contributed by atoms with Crippen LogP contribution >= 0.6 is 0 Å². The summed E-state index contributed by atoms with van der Waals surface area (Å²) in [5, 5.41) is 5.17. The molecule has 0 aliphatic carbocycles.